The summed E-state index contributed by atoms with van der Waals surface area (Å²) < 4.78 is 0. The van der Waals surface area contributed by atoms with Crippen molar-refractivity contribution in [2.24, 2.45) is 0 Å². The van der Waals surface area contributed by atoms with Crippen LogP contribution in [0.1, 0.15) is 49.7 Å². The average molecular weight is 309 g/mol. The van der Waals surface area contributed by atoms with Gasteiger partial charge in [0, 0.05) is 19.1 Å². The van der Waals surface area contributed by atoms with Gasteiger partial charge < -0.3 is 4.90 Å². The Hall–Kier alpha value is -1.86. The maximum atomic E-state index is 13.2. The summed E-state index contributed by atoms with van der Waals surface area (Å²) in [6.07, 6.45) is 6.64. The lowest BCUT2D eigenvalue weighted by molar-refractivity contribution is -0.148. The minimum atomic E-state index is -0.255. The van der Waals surface area contributed by atoms with Crippen LogP contribution in [0, 0.1) is 11.3 Å². The number of nitriles is 1. The van der Waals surface area contributed by atoms with E-state index < -0.39 is 0 Å². The van der Waals surface area contributed by atoms with Gasteiger partial charge in [-0.2, -0.15) is 5.26 Å². The normalized spacial score (nSPS) is 28.3. The Kier molecular flexibility index (Phi) is 3.61. The summed E-state index contributed by atoms with van der Waals surface area (Å²) in [6.45, 7) is 2.77. The summed E-state index contributed by atoms with van der Waals surface area (Å²) in [5, 5.41) is 8.92. The van der Waals surface area contributed by atoms with E-state index in [0.717, 1.165) is 45.3 Å². The van der Waals surface area contributed by atoms with Crippen LogP contribution in [0.4, 0.5) is 0 Å². The Morgan fingerprint density at radius 3 is 2.48 bits per heavy atom. The van der Waals surface area contributed by atoms with Gasteiger partial charge in [-0.05, 0) is 62.8 Å². The van der Waals surface area contributed by atoms with Gasteiger partial charge in [0.2, 0.25) is 5.91 Å². The van der Waals surface area contributed by atoms with Gasteiger partial charge in [0.1, 0.15) is 5.54 Å². The standard InChI is InChI=1S/C19H23N3O/c20-13-15-3-5-16(6-4-15)14-21-11-1-9-19(21)10-2-12-22(18(19)23)17-7-8-17/h3-6,17H,1-2,7-12,14H2. The van der Waals surface area contributed by atoms with Gasteiger partial charge in [-0.25, -0.2) is 0 Å². The SMILES string of the molecule is N#Cc1ccc(CN2CCCC23CCCN(C2CC2)C3=O)cc1. The number of rotatable bonds is 3. The molecule has 1 aromatic rings. The molecule has 0 aromatic heterocycles. The second kappa shape index (κ2) is 5.65. The van der Waals surface area contributed by atoms with E-state index in [4.69, 9.17) is 5.26 Å². The second-order valence-electron chi connectivity index (χ2n) is 7.20. The maximum Gasteiger partial charge on any atom is 0.243 e. The van der Waals surface area contributed by atoms with Crippen LogP contribution in [0.15, 0.2) is 24.3 Å². The largest absolute Gasteiger partial charge is 0.338 e. The topological polar surface area (TPSA) is 47.3 Å². The molecule has 1 aromatic carbocycles. The zero-order valence-electron chi connectivity index (χ0n) is 13.5. The van der Waals surface area contributed by atoms with E-state index in [2.05, 4.69) is 15.9 Å². The molecule has 1 unspecified atom stereocenters. The van der Waals surface area contributed by atoms with Crippen molar-refractivity contribution in [2.75, 3.05) is 13.1 Å². The third-order valence-electron chi connectivity index (χ3n) is 5.72. The molecule has 4 heteroatoms. The number of hydrogen-bond acceptors (Lipinski definition) is 3. The fourth-order valence-corrected chi connectivity index (χ4v) is 4.35. The quantitative estimate of drug-likeness (QED) is 0.862. The molecule has 1 saturated carbocycles. The summed E-state index contributed by atoms with van der Waals surface area (Å²) in [4.78, 5) is 17.7. The lowest BCUT2D eigenvalue weighted by Gasteiger charge is -2.45. The molecule has 0 N–H and O–H groups in total. The van der Waals surface area contributed by atoms with E-state index in [9.17, 15) is 4.79 Å². The first-order valence-corrected chi connectivity index (χ1v) is 8.78. The Balaban J connectivity index is 1.55. The minimum Gasteiger partial charge on any atom is -0.338 e. The van der Waals surface area contributed by atoms with Crippen molar-refractivity contribution in [3.8, 4) is 6.07 Å². The van der Waals surface area contributed by atoms with Crippen LogP contribution >= 0.6 is 0 Å². The van der Waals surface area contributed by atoms with Crippen molar-refractivity contribution in [2.45, 2.75) is 56.7 Å². The predicted molar refractivity (Wildman–Crippen MR) is 87.5 cm³/mol. The molecule has 3 fully saturated rings. The second-order valence-corrected chi connectivity index (χ2v) is 7.20. The molecule has 2 aliphatic heterocycles. The van der Waals surface area contributed by atoms with Gasteiger partial charge in [0.25, 0.3) is 0 Å². The summed E-state index contributed by atoms with van der Waals surface area (Å²) in [5.74, 6) is 0.386. The van der Waals surface area contributed by atoms with Gasteiger partial charge >= 0.3 is 0 Å². The van der Waals surface area contributed by atoms with Crippen LogP contribution < -0.4 is 0 Å². The van der Waals surface area contributed by atoms with Crippen LogP contribution in [-0.2, 0) is 11.3 Å². The van der Waals surface area contributed by atoms with E-state index in [1.165, 1.54) is 18.4 Å². The monoisotopic (exact) mass is 309 g/mol. The number of nitrogens with zero attached hydrogens (tertiary/aromatic N) is 3. The molecule has 0 radical (unpaired) electrons. The van der Waals surface area contributed by atoms with Crippen LogP contribution in [0.2, 0.25) is 0 Å². The minimum absolute atomic E-state index is 0.255. The first-order valence-electron chi connectivity index (χ1n) is 8.78. The number of benzene rings is 1. The van der Waals surface area contributed by atoms with E-state index in [1.807, 2.05) is 24.3 Å². The molecule has 4 rings (SSSR count). The first kappa shape index (κ1) is 14.7. The zero-order chi connectivity index (χ0) is 15.9. The average Bonchev–Trinajstić information content (AvgIpc) is 3.35. The van der Waals surface area contributed by atoms with Crippen LogP contribution in [-0.4, -0.2) is 40.4 Å². The van der Waals surface area contributed by atoms with Gasteiger partial charge in [0.15, 0.2) is 0 Å². The van der Waals surface area contributed by atoms with E-state index >= 15 is 0 Å². The summed E-state index contributed by atoms with van der Waals surface area (Å²) >= 11 is 0. The first-order chi connectivity index (χ1) is 11.2. The number of piperidine rings is 1. The summed E-state index contributed by atoms with van der Waals surface area (Å²) in [6, 6.07) is 10.5. The van der Waals surface area contributed by atoms with Gasteiger partial charge in [-0.3, -0.25) is 9.69 Å². The molecule has 23 heavy (non-hydrogen) atoms. The van der Waals surface area contributed by atoms with Crippen molar-refractivity contribution in [1.82, 2.24) is 9.80 Å². The number of carbonyl (C=O) groups excluding carboxylic acids is 1. The molecule has 2 heterocycles. The molecule has 1 aliphatic carbocycles. The van der Waals surface area contributed by atoms with Gasteiger partial charge in [0.05, 0.1) is 11.6 Å². The lowest BCUT2D eigenvalue weighted by atomic mass is 9.85. The highest BCUT2D eigenvalue weighted by atomic mass is 16.2. The number of amides is 1. The zero-order valence-corrected chi connectivity index (χ0v) is 13.5. The van der Waals surface area contributed by atoms with Crippen LogP contribution in [0.3, 0.4) is 0 Å². The lowest BCUT2D eigenvalue weighted by Crippen LogP contribution is -2.60. The van der Waals surface area contributed by atoms with E-state index in [1.54, 1.807) is 0 Å². The van der Waals surface area contributed by atoms with Gasteiger partial charge in [-0.15, -0.1) is 0 Å². The highest BCUT2D eigenvalue weighted by Crippen LogP contribution is 2.42. The predicted octanol–water partition coefficient (Wildman–Crippen LogP) is 2.68. The van der Waals surface area contributed by atoms with Crippen LogP contribution in [0.5, 0.6) is 0 Å². The molecule has 2 saturated heterocycles. The van der Waals surface area contributed by atoms with Crippen molar-refractivity contribution in [1.29, 1.82) is 5.26 Å². The molecule has 1 atom stereocenters. The van der Waals surface area contributed by atoms with Crippen molar-refractivity contribution >= 4 is 5.91 Å². The Morgan fingerprint density at radius 2 is 1.83 bits per heavy atom. The van der Waals surface area contributed by atoms with Crippen molar-refractivity contribution in [3.05, 3.63) is 35.4 Å². The third kappa shape index (κ3) is 2.53. The molecular weight excluding hydrogens is 286 g/mol. The molecule has 1 amide bonds. The molecule has 3 aliphatic rings. The number of likely N-dealkylation sites (tertiary alicyclic amines) is 2. The highest BCUT2D eigenvalue weighted by molar-refractivity contribution is 5.88. The smallest absolute Gasteiger partial charge is 0.243 e. The fraction of sp³-hybridized carbons (Fsp3) is 0.579. The van der Waals surface area contributed by atoms with E-state index in [0.29, 0.717) is 17.5 Å². The maximum absolute atomic E-state index is 13.2. The molecule has 0 bridgehead atoms. The van der Waals surface area contributed by atoms with Gasteiger partial charge in [-0.1, -0.05) is 12.1 Å². The molecule has 4 nitrogen and oxygen atoms in total. The van der Waals surface area contributed by atoms with E-state index in [-0.39, 0.29) is 5.54 Å². The Morgan fingerprint density at radius 1 is 1.13 bits per heavy atom. The third-order valence-corrected chi connectivity index (χ3v) is 5.72. The van der Waals surface area contributed by atoms with Crippen molar-refractivity contribution in [3.63, 3.8) is 0 Å². The Labute approximate surface area is 137 Å². The highest BCUT2D eigenvalue weighted by Gasteiger charge is 2.52. The van der Waals surface area contributed by atoms with Crippen molar-refractivity contribution < 1.29 is 4.79 Å². The summed E-state index contributed by atoms with van der Waals surface area (Å²) in [7, 11) is 0. The molecule has 1 spiro atoms. The number of carbonyl (C=O) groups is 1. The fourth-order valence-electron chi connectivity index (χ4n) is 4.35. The molecule has 120 valence electrons. The van der Waals surface area contributed by atoms with Crippen LogP contribution in [0.25, 0.3) is 0 Å². The Bertz CT molecular complexity index is 644. The number of hydrogen-bond donors (Lipinski definition) is 0. The summed E-state index contributed by atoms with van der Waals surface area (Å²) in [5.41, 5.74) is 1.63. The molecular formula is C19H23N3O.